The first-order valence-electron chi connectivity index (χ1n) is 9.15. The molecule has 2 saturated carbocycles. The number of Topliss-reactive ketones (excluding diaryl/α,β-unsaturated/α-hetero) is 1. The number of amides is 1. The second kappa shape index (κ2) is 5.92. The number of fused-ring (bicyclic) bond motifs is 1. The lowest BCUT2D eigenvalue weighted by molar-refractivity contribution is -0.122. The maximum absolute atomic E-state index is 13.0. The summed E-state index contributed by atoms with van der Waals surface area (Å²) in [5.74, 6) is 1.50. The molecule has 1 amide bonds. The Hall–Kier alpha value is -1.38. The van der Waals surface area contributed by atoms with Gasteiger partial charge in [-0.2, -0.15) is 0 Å². The van der Waals surface area contributed by atoms with Crippen molar-refractivity contribution in [3.8, 4) is 0 Å². The molecule has 0 saturated heterocycles. The van der Waals surface area contributed by atoms with Crippen LogP contribution in [0.5, 0.6) is 0 Å². The summed E-state index contributed by atoms with van der Waals surface area (Å²) in [6, 6.07) is 0. The Morgan fingerprint density at radius 3 is 2.65 bits per heavy atom. The summed E-state index contributed by atoms with van der Waals surface area (Å²) in [5.41, 5.74) is 1.73. The molecule has 1 N–H and O–H groups in total. The number of ketones is 1. The molecular formula is C20H29NO2. The third-order valence-electron chi connectivity index (χ3n) is 6.46. The summed E-state index contributed by atoms with van der Waals surface area (Å²) in [6.07, 6.45) is 7.63. The van der Waals surface area contributed by atoms with Crippen LogP contribution >= 0.6 is 0 Å². The maximum atomic E-state index is 13.0. The van der Waals surface area contributed by atoms with Crippen molar-refractivity contribution in [2.24, 2.45) is 23.7 Å². The highest BCUT2D eigenvalue weighted by molar-refractivity contribution is 5.97. The van der Waals surface area contributed by atoms with E-state index in [-0.39, 0.29) is 23.3 Å². The van der Waals surface area contributed by atoms with Crippen molar-refractivity contribution in [2.45, 2.75) is 64.8 Å². The smallest absolute Gasteiger partial charge is 0.247 e. The Morgan fingerprint density at radius 2 is 2.09 bits per heavy atom. The van der Waals surface area contributed by atoms with Crippen LogP contribution in [-0.2, 0) is 9.59 Å². The van der Waals surface area contributed by atoms with E-state index >= 15 is 0 Å². The number of hydrogen-bond acceptors (Lipinski definition) is 2. The monoisotopic (exact) mass is 315 g/mol. The lowest BCUT2D eigenvalue weighted by Gasteiger charge is -2.31. The topological polar surface area (TPSA) is 46.2 Å². The second-order valence-electron chi connectivity index (χ2n) is 7.76. The maximum Gasteiger partial charge on any atom is 0.247 e. The molecule has 0 aromatic carbocycles. The van der Waals surface area contributed by atoms with E-state index < -0.39 is 0 Å². The molecule has 0 radical (unpaired) electrons. The molecule has 0 spiro atoms. The highest BCUT2D eigenvalue weighted by Crippen LogP contribution is 2.51. The first-order valence-corrected chi connectivity index (χ1v) is 9.15. The van der Waals surface area contributed by atoms with E-state index in [2.05, 4.69) is 31.8 Å². The minimum absolute atomic E-state index is 0.0480. The van der Waals surface area contributed by atoms with Gasteiger partial charge in [-0.25, -0.2) is 0 Å². The van der Waals surface area contributed by atoms with E-state index in [9.17, 15) is 9.59 Å². The minimum atomic E-state index is -0.204. The van der Waals surface area contributed by atoms with Crippen molar-refractivity contribution < 1.29 is 9.59 Å². The average Bonchev–Trinajstić information content (AvgIpc) is 3.14. The van der Waals surface area contributed by atoms with Crippen molar-refractivity contribution in [2.75, 3.05) is 0 Å². The Morgan fingerprint density at radius 1 is 1.35 bits per heavy atom. The SMILES string of the molecule is C=C(C)C1(NC(=O)C2=C[C@H](CC)C[C@@H]3C(=O)CC[C@H]23)C[C@@H]1CC. The number of hydrogen-bond donors (Lipinski definition) is 1. The Kier molecular flexibility index (Phi) is 4.24. The van der Waals surface area contributed by atoms with Crippen molar-refractivity contribution in [3.05, 3.63) is 23.8 Å². The fraction of sp³-hybridized carbons (Fsp3) is 0.700. The van der Waals surface area contributed by atoms with E-state index in [0.29, 0.717) is 24.0 Å². The van der Waals surface area contributed by atoms with Crippen LogP contribution in [0.2, 0.25) is 0 Å². The van der Waals surface area contributed by atoms with Crippen molar-refractivity contribution in [3.63, 3.8) is 0 Å². The molecule has 126 valence electrons. The largest absolute Gasteiger partial charge is 0.343 e. The molecule has 3 aliphatic rings. The average molecular weight is 315 g/mol. The van der Waals surface area contributed by atoms with Gasteiger partial charge in [-0.1, -0.05) is 38.5 Å². The van der Waals surface area contributed by atoms with E-state index in [0.717, 1.165) is 43.3 Å². The standard InChI is InChI=1S/C20H29NO2/c1-5-13-9-16-15(7-8-18(16)22)17(10-13)19(23)21-20(12(3)4)11-14(20)6-2/h10,13-16H,3,5-9,11H2,1-2,4H3,(H,21,23)/t13-,14+,15+,16+,20?/m1/s1. The van der Waals surface area contributed by atoms with Gasteiger partial charge >= 0.3 is 0 Å². The Balaban J connectivity index is 1.82. The van der Waals surface area contributed by atoms with Gasteiger partial charge in [0.15, 0.2) is 0 Å². The van der Waals surface area contributed by atoms with Crippen LogP contribution in [0.25, 0.3) is 0 Å². The predicted octanol–water partition coefficient (Wildman–Crippen LogP) is 3.80. The van der Waals surface area contributed by atoms with Gasteiger partial charge in [-0.15, -0.1) is 0 Å². The highest BCUT2D eigenvalue weighted by atomic mass is 16.2. The molecule has 1 unspecified atom stereocenters. The minimum Gasteiger partial charge on any atom is -0.343 e. The highest BCUT2D eigenvalue weighted by Gasteiger charge is 2.55. The van der Waals surface area contributed by atoms with Crippen LogP contribution in [0.1, 0.15) is 59.3 Å². The molecule has 3 rings (SSSR count). The van der Waals surface area contributed by atoms with Crippen LogP contribution in [0.4, 0.5) is 0 Å². The molecule has 5 atom stereocenters. The van der Waals surface area contributed by atoms with Crippen molar-refractivity contribution >= 4 is 11.7 Å². The van der Waals surface area contributed by atoms with Gasteiger partial charge in [0.1, 0.15) is 5.78 Å². The van der Waals surface area contributed by atoms with Gasteiger partial charge in [0.2, 0.25) is 5.91 Å². The summed E-state index contributed by atoms with van der Waals surface area (Å²) >= 11 is 0. The van der Waals surface area contributed by atoms with Gasteiger partial charge in [0.05, 0.1) is 5.54 Å². The number of allylic oxidation sites excluding steroid dienone is 1. The number of carbonyl (C=O) groups is 2. The van der Waals surface area contributed by atoms with E-state index in [1.807, 2.05) is 6.92 Å². The van der Waals surface area contributed by atoms with E-state index in [1.54, 1.807) is 0 Å². The summed E-state index contributed by atoms with van der Waals surface area (Å²) in [5, 5.41) is 3.29. The lowest BCUT2D eigenvalue weighted by Crippen LogP contribution is -2.43. The second-order valence-corrected chi connectivity index (χ2v) is 7.76. The lowest BCUT2D eigenvalue weighted by atomic mass is 9.74. The molecular weight excluding hydrogens is 286 g/mol. The van der Waals surface area contributed by atoms with Crippen LogP contribution in [0.3, 0.4) is 0 Å². The van der Waals surface area contributed by atoms with Gasteiger partial charge in [0.25, 0.3) is 0 Å². The van der Waals surface area contributed by atoms with Crippen LogP contribution in [0, 0.1) is 23.7 Å². The molecule has 3 heteroatoms. The third kappa shape index (κ3) is 2.68. The fourth-order valence-corrected chi connectivity index (χ4v) is 4.76. The molecule has 23 heavy (non-hydrogen) atoms. The molecule has 3 nitrogen and oxygen atoms in total. The van der Waals surface area contributed by atoms with E-state index in [1.165, 1.54) is 0 Å². The third-order valence-corrected chi connectivity index (χ3v) is 6.46. The molecule has 0 aromatic heterocycles. The van der Waals surface area contributed by atoms with Crippen LogP contribution < -0.4 is 5.32 Å². The number of nitrogens with one attached hydrogen (secondary N) is 1. The fourth-order valence-electron chi connectivity index (χ4n) is 4.76. The Bertz CT molecular complexity index is 576. The molecule has 0 aromatic rings. The van der Waals surface area contributed by atoms with Crippen molar-refractivity contribution in [1.29, 1.82) is 0 Å². The molecule has 0 bridgehead atoms. The van der Waals surface area contributed by atoms with Crippen LogP contribution in [0.15, 0.2) is 23.8 Å². The summed E-state index contributed by atoms with van der Waals surface area (Å²) in [4.78, 5) is 25.2. The first kappa shape index (κ1) is 16.5. The zero-order valence-corrected chi connectivity index (χ0v) is 14.7. The molecule has 3 aliphatic carbocycles. The van der Waals surface area contributed by atoms with Gasteiger partial charge < -0.3 is 5.32 Å². The van der Waals surface area contributed by atoms with Crippen molar-refractivity contribution in [1.82, 2.24) is 5.32 Å². The summed E-state index contributed by atoms with van der Waals surface area (Å²) in [7, 11) is 0. The zero-order valence-electron chi connectivity index (χ0n) is 14.7. The predicted molar refractivity (Wildman–Crippen MR) is 91.8 cm³/mol. The quantitative estimate of drug-likeness (QED) is 0.784. The summed E-state index contributed by atoms with van der Waals surface area (Å²) < 4.78 is 0. The molecule has 0 aliphatic heterocycles. The first-order chi connectivity index (χ1) is 10.9. The Labute approximate surface area is 139 Å². The van der Waals surface area contributed by atoms with Gasteiger partial charge in [-0.3, -0.25) is 9.59 Å². The molecule has 2 fully saturated rings. The normalized spacial score (nSPS) is 38.7. The van der Waals surface area contributed by atoms with E-state index in [4.69, 9.17) is 0 Å². The number of rotatable bonds is 5. The zero-order chi connectivity index (χ0) is 16.8. The number of carbonyl (C=O) groups excluding carboxylic acids is 2. The summed E-state index contributed by atoms with van der Waals surface area (Å²) in [6.45, 7) is 10.4. The van der Waals surface area contributed by atoms with Crippen LogP contribution in [-0.4, -0.2) is 17.2 Å². The molecule has 0 heterocycles. The van der Waals surface area contributed by atoms with Gasteiger partial charge in [-0.05, 0) is 50.4 Å². The van der Waals surface area contributed by atoms with Gasteiger partial charge in [0, 0.05) is 17.9 Å².